The largest absolute Gasteiger partial charge is 1.00 e. The van der Waals surface area contributed by atoms with E-state index in [4.69, 9.17) is 9.47 Å². The van der Waals surface area contributed by atoms with Gasteiger partial charge in [0.1, 0.15) is 5.75 Å². The van der Waals surface area contributed by atoms with Crippen molar-refractivity contribution >= 4 is 0 Å². The summed E-state index contributed by atoms with van der Waals surface area (Å²) in [6.07, 6.45) is 2.15. The molecular weight excluding hydrogens is 327 g/mol. The minimum atomic E-state index is 0. The van der Waals surface area contributed by atoms with Crippen LogP contribution in [0.15, 0.2) is 42.5 Å². The summed E-state index contributed by atoms with van der Waals surface area (Å²) in [7, 11) is 1.66. The predicted molar refractivity (Wildman–Crippen MR) is 112 cm³/mol. The van der Waals surface area contributed by atoms with Crippen molar-refractivity contribution in [3.63, 3.8) is 0 Å². The fourth-order valence-electron chi connectivity index (χ4n) is 3.07. The van der Waals surface area contributed by atoms with Gasteiger partial charge in [0.2, 0.25) is 0 Å². The molecule has 27 heavy (non-hydrogen) atoms. The van der Waals surface area contributed by atoms with E-state index in [9.17, 15) is 0 Å². The first-order valence-electron chi connectivity index (χ1n) is 9.63. The van der Waals surface area contributed by atoms with Crippen LogP contribution < -0.4 is 23.6 Å². The average molecular weight is 362 g/mol. The van der Waals surface area contributed by atoms with Gasteiger partial charge in [-0.2, -0.15) is 0 Å². The van der Waals surface area contributed by atoms with E-state index in [-0.39, 0.29) is 37.9 Å². The van der Waals surface area contributed by atoms with Crippen LogP contribution in [0, 0.1) is 0 Å². The quantitative estimate of drug-likeness (QED) is 0.525. The van der Waals surface area contributed by atoms with Crippen LogP contribution in [0.2, 0.25) is 0 Å². The molecule has 0 aliphatic carbocycles. The van der Waals surface area contributed by atoms with E-state index in [1.165, 1.54) is 16.7 Å². The van der Waals surface area contributed by atoms with E-state index in [2.05, 4.69) is 84.0 Å². The van der Waals surface area contributed by atoms with Gasteiger partial charge in [0.25, 0.3) is 0 Å². The Balaban J connectivity index is 0.00000364. The summed E-state index contributed by atoms with van der Waals surface area (Å²) in [5.74, 6) is 0.938. The zero-order chi connectivity index (χ0) is 19.4. The SMILES string of the molecule is CCC(C)(C)c1cccc(-c2cccc(C(C)(C)CC)c2OCOC)c1.[H-].[Li+]. The molecule has 3 heteroatoms. The van der Waals surface area contributed by atoms with Gasteiger partial charge in [0, 0.05) is 18.2 Å². The van der Waals surface area contributed by atoms with Crippen LogP contribution in [0.1, 0.15) is 66.9 Å². The van der Waals surface area contributed by atoms with Crippen molar-refractivity contribution in [1.82, 2.24) is 0 Å². The summed E-state index contributed by atoms with van der Waals surface area (Å²) in [4.78, 5) is 0. The number of rotatable bonds is 8. The van der Waals surface area contributed by atoms with E-state index in [0.29, 0.717) is 0 Å². The second-order valence-electron chi connectivity index (χ2n) is 8.29. The molecule has 144 valence electrons. The molecule has 2 nitrogen and oxygen atoms in total. The first-order chi connectivity index (χ1) is 12.3. The molecule has 0 unspecified atom stereocenters. The van der Waals surface area contributed by atoms with Crippen molar-refractivity contribution in [2.24, 2.45) is 0 Å². The fraction of sp³-hybridized carbons (Fsp3) is 0.500. The molecule has 0 saturated carbocycles. The standard InChI is InChI=1S/C24H34O2.Li.H/c1-8-23(3,4)19-13-10-12-18(16-19)20-14-11-15-21(24(5,6)9-2)22(20)26-17-25-7;;/h10-16H,8-9,17H2,1-7H3;;/q;+1;-1. The van der Waals surface area contributed by atoms with Crippen LogP contribution in [0.3, 0.4) is 0 Å². The normalized spacial score (nSPS) is 11.8. The molecule has 0 spiro atoms. The van der Waals surface area contributed by atoms with E-state index in [1.54, 1.807) is 7.11 Å². The first-order valence-corrected chi connectivity index (χ1v) is 9.63. The minimum absolute atomic E-state index is 0. The van der Waals surface area contributed by atoms with E-state index in [1.807, 2.05) is 0 Å². The third kappa shape index (κ3) is 5.41. The van der Waals surface area contributed by atoms with Crippen molar-refractivity contribution in [2.45, 2.75) is 65.2 Å². The molecule has 0 aliphatic heterocycles. The Kier molecular flexibility index (Phi) is 8.68. The summed E-state index contributed by atoms with van der Waals surface area (Å²) in [6, 6.07) is 15.3. The molecule has 2 aromatic carbocycles. The molecule has 0 fully saturated rings. The second kappa shape index (κ2) is 9.83. The van der Waals surface area contributed by atoms with Gasteiger partial charge in [-0.25, -0.2) is 0 Å². The number of ether oxygens (including phenoxy) is 2. The van der Waals surface area contributed by atoms with Crippen LogP contribution in [0.4, 0.5) is 0 Å². The Morgan fingerprint density at radius 3 is 2.11 bits per heavy atom. The van der Waals surface area contributed by atoms with Crippen molar-refractivity contribution in [3.05, 3.63) is 53.6 Å². The van der Waals surface area contributed by atoms with Gasteiger partial charge in [0.05, 0.1) is 0 Å². The molecule has 2 aromatic rings. The Hall–Kier alpha value is -1.20. The van der Waals surface area contributed by atoms with Gasteiger partial charge in [-0.15, -0.1) is 0 Å². The van der Waals surface area contributed by atoms with Crippen LogP contribution in [0.5, 0.6) is 5.75 Å². The maximum absolute atomic E-state index is 6.09. The molecule has 0 aliphatic rings. The third-order valence-electron chi connectivity index (χ3n) is 5.79. The van der Waals surface area contributed by atoms with Gasteiger partial charge in [-0.3, -0.25) is 0 Å². The van der Waals surface area contributed by atoms with Gasteiger partial charge in [0.15, 0.2) is 6.79 Å². The van der Waals surface area contributed by atoms with Crippen LogP contribution in [-0.4, -0.2) is 13.9 Å². The van der Waals surface area contributed by atoms with E-state index < -0.39 is 0 Å². The summed E-state index contributed by atoms with van der Waals surface area (Å²) in [5.41, 5.74) is 5.12. The summed E-state index contributed by atoms with van der Waals surface area (Å²) < 4.78 is 11.3. The molecule has 0 radical (unpaired) electrons. The Morgan fingerprint density at radius 1 is 0.889 bits per heavy atom. The molecule has 0 bridgehead atoms. The minimum Gasteiger partial charge on any atom is -1.00 e. The van der Waals surface area contributed by atoms with Gasteiger partial charge in [-0.1, -0.05) is 84.0 Å². The van der Waals surface area contributed by atoms with Gasteiger partial charge < -0.3 is 10.9 Å². The van der Waals surface area contributed by atoms with Crippen LogP contribution in [-0.2, 0) is 15.6 Å². The summed E-state index contributed by atoms with van der Waals surface area (Å²) >= 11 is 0. The monoisotopic (exact) mass is 362 g/mol. The Bertz CT molecular complexity index is 741. The third-order valence-corrected chi connectivity index (χ3v) is 5.79. The van der Waals surface area contributed by atoms with Crippen LogP contribution in [0.25, 0.3) is 11.1 Å². The molecule has 0 atom stereocenters. The first kappa shape index (κ1) is 23.8. The average Bonchev–Trinajstić information content (AvgIpc) is 2.66. The predicted octanol–water partition coefficient (Wildman–Crippen LogP) is 3.83. The van der Waals surface area contributed by atoms with E-state index >= 15 is 0 Å². The Labute approximate surface area is 179 Å². The Morgan fingerprint density at radius 2 is 1.52 bits per heavy atom. The number of methoxy groups -OCH3 is 1. The fourth-order valence-corrected chi connectivity index (χ4v) is 3.07. The second-order valence-corrected chi connectivity index (χ2v) is 8.29. The summed E-state index contributed by atoms with van der Waals surface area (Å²) in [5, 5.41) is 0. The molecule has 0 heterocycles. The smallest absolute Gasteiger partial charge is 1.00 e. The van der Waals surface area contributed by atoms with Crippen molar-refractivity contribution in [3.8, 4) is 16.9 Å². The van der Waals surface area contributed by atoms with E-state index in [0.717, 1.165) is 24.2 Å². The molecule has 2 rings (SSSR count). The van der Waals surface area contributed by atoms with Crippen molar-refractivity contribution in [1.29, 1.82) is 0 Å². The molecular formula is C24H35LiO2. The number of hydrogen-bond acceptors (Lipinski definition) is 2. The molecule has 0 amide bonds. The van der Waals surface area contributed by atoms with Crippen LogP contribution >= 0.6 is 0 Å². The molecule has 0 aromatic heterocycles. The molecule has 0 saturated heterocycles. The zero-order valence-corrected chi connectivity index (χ0v) is 18.5. The van der Waals surface area contributed by atoms with Gasteiger partial charge in [-0.05, 0) is 34.8 Å². The topological polar surface area (TPSA) is 18.5 Å². The van der Waals surface area contributed by atoms with Gasteiger partial charge >= 0.3 is 18.9 Å². The zero-order valence-electron chi connectivity index (χ0n) is 19.5. The number of benzene rings is 2. The summed E-state index contributed by atoms with van der Waals surface area (Å²) in [6.45, 7) is 13.8. The van der Waals surface area contributed by atoms with Crippen molar-refractivity contribution < 1.29 is 29.8 Å². The molecule has 0 N–H and O–H groups in total. The maximum atomic E-state index is 6.09. The maximum Gasteiger partial charge on any atom is 1.00 e. The van der Waals surface area contributed by atoms with Crippen molar-refractivity contribution in [2.75, 3.05) is 13.9 Å². The number of para-hydroxylation sites is 1. The number of hydrogen-bond donors (Lipinski definition) is 0.